The molecule has 1 aliphatic rings. The molecule has 4 aromatic rings. The number of nitrogens with zero attached hydrogens (tertiary/aromatic N) is 5. The molecule has 8 nitrogen and oxygen atoms in total. The van der Waals surface area contributed by atoms with Crippen molar-refractivity contribution in [3.63, 3.8) is 0 Å². The Labute approximate surface area is 213 Å². The van der Waals surface area contributed by atoms with Crippen LogP contribution in [0.25, 0.3) is 17.1 Å². The number of rotatable bonds is 3. The van der Waals surface area contributed by atoms with E-state index in [0.717, 1.165) is 28.9 Å². The number of para-hydroxylation sites is 1. The molecule has 5 rings (SSSR count). The Balaban J connectivity index is 0.000000967. The zero-order valence-corrected chi connectivity index (χ0v) is 21.2. The maximum Gasteiger partial charge on any atom is 0.278 e. The number of hydrogen-bond acceptors (Lipinski definition) is 7. The van der Waals surface area contributed by atoms with E-state index in [0.29, 0.717) is 22.7 Å². The second-order valence-corrected chi connectivity index (χ2v) is 8.75. The molecule has 0 saturated carbocycles. The molecule has 0 saturated heterocycles. The largest absolute Gasteiger partial charge is 0.442 e. The van der Waals surface area contributed by atoms with Gasteiger partial charge in [0.2, 0.25) is 0 Å². The van der Waals surface area contributed by atoms with Crippen LogP contribution in [0.4, 0.5) is 5.69 Å². The standard InChI is InChI=1S/C25H19N5O3.C2H6S/c1-3-4-7-17-10-11-20-19(12-17)23(18-8-5-6-9-21(18)30(31)32)28-16(2)25-24(27-14-29(20)25)22-13-26-15-33-22;1-3-2/h5-6,8-16H,3H2,1-2H3;1-2H3/t16-;/m1./s1. The van der Waals surface area contributed by atoms with Gasteiger partial charge in [0.15, 0.2) is 12.2 Å². The van der Waals surface area contributed by atoms with Crippen LogP contribution in [0.3, 0.4) is 0 Å². The molecule has 0 radical (unpaired) electrons. The Morgan fingerprint density at radius 1 is 1.19 bits per heavy atom. The van der Waals surface area contributed by atoms with Crippen LogP contribution in [0.2, 0.25) is 0 Å². The average molecular weight is 500 g/mol. The summed E-state index contributed by atoms with van der Waals surface area (Å²) in [6.07, 6.45) is 9.50. The molecule has 36 heavy (non-hydrogen) atoms. The van der Waals surface area contributed by atoms with Crippen molar-refractivity contribution in [2.24, 2.45) is 4.99 Å². The number of benzene rings is 2. The number of fused-ring (bicyclic) bond motifs is 3. The van der Waals surface area contributed by atoms with Gasteiger partial charge in [-0.15, -0.1) is 0 Å². The summed E-state index contributed by atoms with van der Waals surface area (Å²) in [4.78, 5) is 25.0. The van der Waals surface area contributed by atoms with Crippen LogP contribution < -0.4 is 0 Å². The Morgan fingerprint density at radius 3 is 2.67 bits per heavy atom. The van der Waals surface area contributed by atoms with Gasteiger partial charge in [-0.3, -0.25) is 19.7 Å². The van der Waals surface area contributed by atoms with Gasteiger partial charge in [0.05, 0.1) is 39.8 Å². The van der Waals surface area contributed by atoms with E-state index in [4.69, 9.17) is 9.41 Å². The van der Waals surface area contributed by atoms with Crippen LogP contribution in [0, 0.1) is 22.0 Å². The van der Waals surface area contributed by atoms with E-state index in [1.54, 1.807) is 42.5 Å². The van der Waals surface area contributed by atoms with Crippen molar-refractivity contribution in [1.29, 1.82) is 0 Å². The molecule has 3 heterocycles. The molecule has 0 aliphatic carbocycles. The molecule has 0 spiro atoms. The van der Waals surface area contributed by atoms with E-state index in [9.17, 15) is 10.1 Å². The van der Waals surface area contributed by atoms with Gasteiger partial charge in [0.25, 0.3) is 5.69 Å². The smallest absolute Gasteiger partial charge is 0.278 e. The molecule has 2 aromatic heterocycles. The third-order valence-electron chi connectivity index (χ3n) is 5.47. The minimum absolute atomic E-state index is 0.000361. The van der Waals surface area contributed by atoms with Crippen molar-refractivity contribution < 1.29 is 9.34 Å². The number of oxazole rings is 1. The molecule has 1 aliphatic heterocycles. The van der Waals surface area contributed by atoms with Crippen LogP contribution in [-0.4, -0.2) is 37.7 Å². The molecule has 0 bridgehead atoms. The Morgan fingerprint density at radius 2 is 1.97 bits per heavy atom. The maximum atomic E-state index is 11.8. The summed E-state index contributed by atoms with van der Waals surface area (Å²) >= 11 is 1.75. The van der Waals surface area contributed by atoms with E-state index >= 15 is 0 Å². The van der Waals surface area contributed by atoms with E-state index in [1.807, 2.05) is 49.1 Å². The molecule has 182 valence electrons. The first-order valence-corrected chi connectivity index (χ1v) is 12.9. The average Bonchev–Trinajstić information content (AvgIpc) is 3.54. The summed E-state index contributed by atoms with van der Waals surface area (Å²) in [6, 6.07) is 12.1. The lowest BCUT2D eigenvalue weighted by molar-refractivity contribution is -0.385. The first-order valence-electron chi connectivity index (χ1n) is 11.3. The van der Waals surface area contributed by atoms with E-state index < -0.39 is 0 Å². The third-order valence-corrected chi connectivity index (χ3v) is 5.47. The molecular formula is C27H25N5O3S. The van der Waals surface area contributed by atoms with Gasteiger partial charge < -0.3 is 4.42 Å². The zero-order valence-electron chi connectivity index (χ0n) is 20.4. The Bertz CT molecular complexity index is 1480. The molecule has 9 heteroatoms. The molecule has 0 N–H and O–H groups in total. The zero-order chi connectivity index (χ0) is 25.7. The van der Waals surface area contributed by atoms with Crippen molar-refractivity contribution in [2.45, 2.75) is 26.3 Å². The van der Waals surface area contributed by atoms with Gasteiger partial charge in [-0.2, -0.15) is 11.8 Å². The van der Waals surface area contributed by atoms with Crippen molar-refractivity contribution in [3.05, 3.63) is 93.9 Å². The highest BCUT2D eigenvalue weighted by molar-refractivity contribution is 7.97. The minimum Gasteiger partial charge on any atom is -0.442 e. The topological polar surface area (TPSA) is 99.3 Å². The summed E-state index contributed by atoms with van der Waals surface area (Å²) in [5.74, 6) is 6.77. The minimum atomic E-state index is -0.379. The summed E-state index contributed by atoms with van der Waals surface area (Å²) in [5.41, 5.74) is 4.81. The summed E-state index contributed by atoms with van der Waals surface area (Å²) in [6.45, 7) is 3.92. The monoisotopic (exact) mass is 499 g/mol. The highest BCUT2D eigenvalue weighted by atomic mass is 32.2. The van der Waals surface area contributed by atoms with Crippen molar-refractivity contribution in [2.75, 3.05) is 12.5 Å². The molecule has 0 unspecified atom stereocenters. The van der Waals surface area contributed by atoms with Gasteiger partial charge in [-0.25, -0.2) is 9.97 Å². The van der Waals surface area contributed by atoms with Crippen molar-refractivity contribution >= 4 is 23.2 Å². The predicted molar refractivity (Wildman–Crippen MR) is 143 cm³/mol. The first kappa shape index (κ1) is 24.9. The molecule has 2 aromatic carbocycles. The van der Waals surface area contributed by atoms with Crippen LogP contribution in [0.5, 0.6) is 0 Å². The molecule has 1 atom stereocenters. The third kappa shape index (κ3) is 4.81. The number of thioether (sulfide) groups is 1. The normalized spacial score (nSPS) is 13.7. The van der Waals surface area contributed by atoms with Crippen molar-refractivity contribution in [1.82, 2.24) is 14.5 Å². The van der Waals surface area contributed by atoms with Gasteiger partial charge in [-0.1, -0.05) is 30.9 Å². The highest BCUT2D eigenvalue weighted by Crippen LogP contribution is 2.37. The fourth-order valence-electron chi connectivity index (χ4n) is 4.05. The summed E-state index contributed by atoms with van der Waals surface area (Å²) < 4.78 is 7.46. The molecule has 0 amide bonds. The second-order valence-electron chi connectivity index (χ2n) is 7.94. The van der Waals surface area contributed by atoms with Gasteiger partial charge in [-0.05, 0) is 43.7 Å². The number of nitro benzene ring substituents is 1. The van der Waals surface area contributed by atoms with Gasteiger partial charge >= 0.3 is 0 Å². The number of aliphatic imine (C=N–C) groups is 1. The first-order chi connectivity index (χ1) is 17.5. The van der Waals surface area contributed by atoms with Crippen LogP contribution in [-0.2, 0) is 0 Å². The number of imidazole rings is 1. The molecule has 0 fully saturated rings. The Kier molecular flexibility index (Phi) is 7.66. The quantitative estimate of drug-likeness (QED) is 0.192. The number of nitro groups is 1. The highest BCUT2D eigenvalue weighted by Gasteiger charge is 2.30. The SMILES string of the molecule is CCC#Cc1ccc2c(c1)C(c1ccccc1[N+](=O)[O-])=N[C@H](C)c1c(-c3cnco3)ncn1-2.CSC. The van der Waals surface area contributed by atoms with Crippen molar-refractivity contribution in [3.8, 4) is 29.0 Å². The lowest BCUT2D eigenvalue weighted by Crippen LogP contribution is -2.10. The van der Waals surface area contributed by atoms with E-state index in [-0.39, 0.29) is 16.7 Å². The van der Waals surface area contributed by atoms with Crippen LogP contribution in [0.15, 0.2) is 70.8 Å². The lowest BCUT2D eigenvalue weighted by atomic mass is 9.97. The summed E-state index contributed by atoms with van der Waals surface area (Å²) in [5, 5.41) is 11.8. The predicted octanol–water partition coefficient (Wildman–Crippen LogP) is 6.09. The van der Waals surface area contributed by atoms with Crippen LogP contribution >= 0.6 is 11.8 Å². The van der Waals surface area contributed by atoms with E-state index in [1.165, 1.54) is 12.5 Å². The van der Waals surface area contributed by atoms with E-state index in [2.05, 4.69) is 21.8 Å². The fourth-order valence-corrected chi connectivity index (χ4v) is 4.05. The van der Waals surface area contributed by atoms with Gasteiger partial charge in [0, 0.05) is 23.6 Å². The second kappa shape index (κ2) is 11.1. The lowest BCUT2D eigenvalue weighted by Gasteiger charge is -2.12. The number of hydrogen-bond donors (Lipinski definition) is 0. The number of aromatic nitrogens is 3. The maximum absolute atomic E-state index is 11.8. The Hall–Kier alpha value is -4.16. The summed E-state index contributed by atoms with van der Waals surface area (Å²) in [7, 11) is 0. The molecular weight excluding hydrogens is 474 g/mol. The van der Waals surface area contributed by atoms with Gasteiger partial charge in [0.1, 0.15) is 12.0 Å². The van der Waals surface area contributed by atoms with Crippen LogP contribution in [0.1, 0.15) is 48.7 Å². The fraction of sp³-hybridized carbons (Fsp3) is 0.222.